The molecule has 642 valence electrons. The third-order valence-electron chi connectivity index (χ3n) is 24.3. The van der Waals surface area contributed by atoms with Gasteiger partial charge in [-0.3, -0.25) is 58.7 Å². The Morgan fingerprint density at radius 1 is 0.824 bits per heavy atom. The number of carbonyl (C=O) groups excluding carboxylic acids is 8. The highest BCUT2D eigenvalue weighted by Crippen LogP contribution is 2.67. The average Bonchev–Trinajstić information content (AvgIpc) is 1.49. The number of likely N-dealkylation sites (tertiary alicyclic amines) is 1. The molecule has 13 atom stereocenters. The number of aliphatic hydroxyl groups excluding tert-OH is 1. The van der Waals surface area contributed by atoms with E-state index in [1.807, 2.05) is 50.1 Å². The number of aromatic amines is 2. The summed E-state index contributed by atoms with van der Waals surface area (Å²) in [7, 11) is 6.29. The summed E-state index contributed by atoms with van der Waals surface area (Å²) in [5.74, 6) is -6.54. The van der Waals surface area contributed by atoms with Crippen molar-refractivity contribution in [1.29, 1.82) is 0 Å². The number of nitrogens with two attached hydrogens (primary N) is 3. The number of carboxylic acid groups (broad SMARTS) is 1. The number of carboxylic acids is 1. The van der Waals surface area contributed by atoms with Crippen LogP contribution in [0.3, 0.4) is 0 Å². The number of likely N-dealkylation sites (N-methyl/N-ethyl adjacent to an activating group) is 1. The number of hydrazine groups is 1. The van der Waals surface area contributed by atoms with Crippen LogP contribution in [-0.4, -0.2) is 233 Å². The van der Waals surface area contributed by atoms with Crippen LogP contribution in [0, 0.1) is 17.3 Å². The number of aliphatic imine (C=N–C) groups is 1. The number of rotatable bonds is 40. The van der Waals surface area contributed by atoms with E-state index in [-0.39, 0.29) is 111 Å². The molecule has 6 aromatic rings. The highest BCUT2D eigenvalue weighted by Gasteiger charge is 2.79. The number of nitrogens with zero attached hydrogens (tertiary/aromatic N) is 7. The van der Waals surface area contributed by atoms with Gasteiger partial charge in [0.15, 0.2) is 34.3 Å². The van der Waals surface area contributed by atoms with Crippen molar-refractivity contribution in [2.24, 2.45) is 33.7 Å². The van der Waals surface area contributed by atoms with Crippen LogP contribution in [0.2, 0.25) is 0 Å². The maximum atomic E-state index is 15.0. The SMILES string of the molecule is CCC1(O)CCCN(CCc2c([C@@H](C)c3cc4c(cc3OC)N(C)[C@H]3[C@](O)(C(=O)NNC(=O)OCCSSCCCC(=O)[C@H](C)NC(=O)[C@H](C)CC(=O)[C@H](CCCN=C(N)N)NC(=O)[C@H](C)CC(=O)CC[C@H](NC(=O)c5ccc(NCc6cnc7nc(N)[nH]c(=O)c7n6)cc5)C(=O)O)[C@H](O)[C@]5(CC)C=CCN6CC[C@]43[C@@H]65)[nH]c3ccccc23)C1. The van der Waals surface area contributed by atoms with Gasteiger partial charge in [0.2, 0.25) is 17.8 Å². The Kier molecular flexibility index (Phi) is 29.2. The van der Waals surface area contributed by atoms with Crippen LogP contribution in [0.5, 0.6) is 5.75 Å². The molecule has 1 spiro atoms. The molecule has 36 heteroatoms. The maximum Gasteiger partial charge on any atom is 0.426 e. The third-order valence-corrected chi connectivity index (χ3v) is 26.8. The molecule has 7 heterocycles. The van der Waals surface area contributed by atoms with Gasteiger partial charge in [-0.1, -0.05) is 86.6 Å². The largest absolute Gasteiger partial charge is 0.496 e. The van der Waals surface area contributed by atoms with Crippen LogP contribution < -0.4 is 64.5 Å². The number of methoxy groups -OCH3 is 1. The number of nitrogen functional groups attached to an aromatic ring is 1. The van der Waals surface area contributed by atoms with Crippen molar-refractivity contribution in [3.8, 4) is 5.75 Å². The molecule has 0 bridgehead atoms. The molecule has 3 aromatic heterocycles. The van der Waals surface area contributed by atoms with Crippen LogP contribution in [0.1, 0.15) is 169 Å². The topological polar surface area (TPSA) is 513 Å². The number of nitrogens with one attached hydrogen (secondary N) is 8. The quantitative estimate of drug-likeness (QED) is 0.00606. The minimum Gasteiger partial charge on any atom is -0.496 e. The number of ether oxygens (including phenoxy) is 2. The molecular weight excluding hydrogens is 1570 g/mol. The van der Waals surface area contributed by atoms with Gasteiger partial charge < -0.3 is 83.2 Å². The normalized spacial score (nSPS) is 22.7. The second-order valence-electron chi connectivity index (χ2n) is 32.1. The van der Waals surface area contributed by atoms with E-state index in [1.54, 1.807) is 26.2 Å². The van der Waals surface area contributed by atoms with Crippen molar-refractivity contribution in [2.75, 3.05) is 87.5 Å². The van der Waals surface area contributed by atoms with Gasteiger partial charge in [0.25, 0.3) is 17.4 Å². The summed E-state index contributed by atoms with van der Waals surface area (Å²) in [5, 5.41) is 59.7. The van der Waals surface area contributed by atoms with E-state index in [0.717, 1.165) is 65.8 Å². The second kappa shape index (κ2) is 38.9. The van der Waals surface area contributed by atoms with Gasteiger partial charge in [0, 0.05) is 150 Å². The Labute approximate surface area is 697 Å². The van der Waals surface area contributed by atoms with Crippen LogP contribution >= 0.6 is 21.6 Å². The summed E-state index contributed by atoms with van der Waals surface area (Å²) in [6.45, 7) is 14.5. The number of aliphatic hydroxyl groups is 3. The number of aromatic nitrogens is 5. The molecule has 34 nitrogen and oxygen atoms in total. The fourth-order valence-electron chi connectivity index (χ4n) is 18.1. The number of guanidine groups is 1. The van der Waals surface area contributed by atoms with E-state index >= 15 is 4.79 Å². The Morgan fingerprint density at radius 2 is 1.56 bits per heavy atom. The number of β-amino-alcohol motifs (C(OH)–C–C–N with tert-alkyl or cyclic N) is 1. The number of Topliss-reactive ketones (excluding diaryl/α,β-unsaturated/α-hetero) is 3. The molecule has 18 N–H and O–H groups in total. The molecule has 4 aliphatic heterocycles. The summed E-state index contributed by atoms with van der Waals surface area (Å²) < 4.78 is 11.7. The van der Waals surface area contributed by atoms with Gasteiger partial charge in [0.1, 0.15) is 30.3 Å². The van der Waals surface area contributed by atoms with Crippen LogP contribution in [-0.2, 0) is 56.7 Å². The Balaban J connectivity index is 0.611. The zero-order chi connectivity index (χ0) is 85.8. The average molecular weight is 1680 g/mol. The lowest BCUT2D eigenvalue weighted by atomic mass is 9.47. The molecule has 119 heavy (non-hydrogen) atoms. The Morgan fingerprint density at radius 3 is 2.29 bits per heavy atom. The number of fused-ring (bicyclic) bond motifs is 3. The lowest BCUT2D eigenvalue weighted by Crippen LogP contribution is -2.82. The van der Waals surface area contributed by atoms with E-state index in [4.69, 9.17) is 26.7 Å². The van der Waals surface area contributed by atoms with E-state index in [2.05, 4.69) is 103 Å². The van der Waals surface area contributed by atoms with E-state index in [0.29, 0.717) is 74.0 Å². The van der Waals surface area contributed by atoms with E-state index in [9.17, 15) is 63.6 Å². The fraction of sp³-hybridized carbons (Fsp3) is 0.542. The third kappa shape index (κ3) is 19.8. The minimum absolute atomic E-state index is 0.00569. The molecule has 0 radical (unpaired) electrons. The van der Waals surface area contributed by atoms with Crippen molar-refractivity contribution < 1.29 is 73.1 Å². The molecule has 1 aliphatic carbocycles. The number of piperidine rings is 1. The Bertz CT molecular complexity index is 4870. The molecule has 3 aromatic carbocycles. The number of benzene rings is 3. The lowest BCUT2D eigenvalue weighted by molar-refractivity contribution is -0.204. The first kappa shape index (κ1) is 89.5. The molecule has 1 unspecified atom stereocenters. The Hall–Kier alpha value is -10.2. The molecule has 1 saturated carbocycles. The number of anilines is 3. The van der Waals surface area contributed by atoms with Crippen LogP contribution in [0.4, 0.5) is 22.1 Å². The fourth-order valence-corrected chi connectivity index (χ4v) is 20.0. The maximum absolute atomic E-state index is 15.0. The van der Waals surface area contributed by atoms with E-state index in [1.165, 1.54) is 59.3 Å². The summed E-state index contributed by atoms with van der Waals surface area (Å²) >= 11 is 0. The van der Waals surface area contributed by atoms with Crippen LogP contribution in [0.15, 0.2) is 88.8 Å². The van der Waals surface area contributed by atoms with Crippen molar-refractivity contribution in [2.45, 2.75) is 197 Å². The van der Waals surface area contributed by atoms with Crippen molar-refractivity contribution in [3.63, 3.8) is 0 Å². The molecule has 3 fully saturated rings. The predicted molar refractivity (Wildman–Crippen MR) is 453 cm³/mol. The van der Waals surface area contributed by atoms with Gasteiger partial charge >= 0.3 is 12.1 Å². The molecule has 5 aliphatic rings. The van der Waals surface area contributed by atoms with Gasteiger partial charge in [-0.15, -0.1) is 0 Å². The van der Waals surface area contributed by atoms with Gasteiger partial charge in [-0.2, -0.15) is 4.98 Å². The number of H-pyrrole nitrogens is 2. The van der Waals surface area contributed by atoms with Gasteiger partial charge in [-0.25, -0.2) is 25.0 Å². The van der Waals surface area contributed by atoms with Crippen molar-refractivity contribution >= 4 is 120 Å². The monoisotopic (exact) mass is 1680 g/mol. The molecular formula is C83H112N18O16S2. The van der Waals surface area contributed by atoms with Gasteiger partial charge in [-0.05, 0) is 132 Å². The number of ketones is 3. The second-order valence-corrected chi connectivity index (χ2v) is 34.8. The van der Waals surface area contributed by atoms with Crippen molar-refractivity contribution in [1.82, 2.24) is 61.5 Å². The molecule has 11 rings (SSSR count). The highest BCUT2D eigenvalue weighted by atomic mass is 33.1. The van der Waals surface area contributed by atoms with E-state index < -0.39 is 117 Å². The number of carbonyl (C=O) groups is 9. The summed E-state index contributed by atoms with van der Waals surface area (Å²) in [5.41, 5.74) is 22.7. The van der Waals surface area contributed by atoms with Crippen molar-refractivity contribution in [3.05, 3.63) is 123 Å². The number of hydrogen-bond donors (Lipinski definition) is 15. The number of aliphatic carboxylic acids is 1. The standard InChI is InChI=1S/C83H112N18O16S2/c1-9-80(114)28-15-32-100(45-80)34-27-55-54-17-11-12-18-58(54)92-65(55)48(5)56-41-57-61(42-64(56)116-8)99(7)74-82(57)30-35-101-33-16-29-81(10-2,73(82)101)75(111)83(74,115)76(112)97-98-79(113)117-36-38-119-118-37-14-20-62(103)49(6)90-68(105)47(4)40-63(104)59(19-13-31-87-77(84)85)93-69(106)46(3)39-53(102)25-26-60(72(109)110)94-70(107)50-21-23-51(24-22-50)88-43-52-44-89-67-66(91-52)71(108)96-78(86)95-67/h11-12,16-18,21-24,29,41-42,44,46-49,59-60,73-75,88,92,111,114-115H,9-10,13-15,19-20,25-28,30-40,43,45H2,1-8H3,(H,90,105)(H,93,106)(H,94,107)(H,97,112)(H,98,113)(H,109,110)(H4,84,85,87)(H3,86,89,95,96,108)/t46-,47-,48+,49+,59+,60+,73+,74-,75-,80?,81-,82-,83-/m1/s1. The lowest BCUT2D eigenvalue weighted by Gasteiger charge is -2.63. The van der Waals surface area contributed by atoms with Crippen LogP contribution in [0.25, 0.3) is 22.1 Å². The minimum atomic E-state index is -2.50. The smallest absolute Gasteiger partial charge is 0.426 e. The summed E-state index contributed by atoms with van der Waals surface area (Å²) in [4.78, 5) is 163. The molecule has 2 saturated heterocycles. The number of para-hydroxylation sites is 1. The first-order valence-electron chi connectivity index (χ1n) is 40.7. The predicted octanol–water partition coefficient (Wildman–Crippen LogP) is 4.92. The number of amides is 5. The molecule has 5 amide bonds. The highest BCUT2D eigenvalue weighted by molar-refractivity contribution is 8.76. The summed E-state index contributed by atoms with van der Waals surface area (Å²) in [6.07, 6.45) is 6.50. The van der Waals surface area contributed by atoms with Gasteiger partial charge in [0.05, 0.1) is 49.3 Å². The zero-order valence-corrected chi connectivity index (χ0v) is 70.2. The zero-order valence-electron chi connectivity index (χ0n) is 68.5. The number of hydrogen-bond acceptors (Lipinski definition) is 26. The first-order chi connectivity index (χ1) is 56.8. The summed E-state index contributed by atoms with van der Waals surface area (Å²) in [6, 6.07) is 13.7. The first-order valence-corrected chi connectivity index (χ1v) is 43.2.